The van der Waals surface area contributed by atoms with Crippen molar-refractivity contribution in [3.63, 3.8) is 0 Å². The van der Waals surface area contributed by atoms with E-state index in [9.17, 15) is 18.0 Å². The van der Waals surface area contributed by atoms with Crippen LogP contribution >= 0.6 is 11.3 Å². The molecule has 1 unspecified atom stereocenters. The summed E-state index contributed by atoms with van der Waals surface area (Å²) in [6.07, 6.45) is 2.28. The summed E-state index contributed by atoms with van der Waals surface area (Å²) in [7, 11) is -3.28. The van der Waals surface area contributed by atoms with Gasteiger partial charge in [-0.1, -0.05) is 37.3 Å². The summed E-state index contributed by atoms with van der Waals surface area (Å²) in [6, 6.07) is 17.6. The first-order chi connectivity index (χ1) is 16.2. The van der Waals surface area contributed by atoms with Crippen molar-refractivity contribution in [1.82, 2.24) is 5.01 Å². The fraction of sp³-hybridized carbons (Fsp3) is 0.240. The van der Waals surface area contributed by atoms with Crippen molar-refractivity contribution in [2.75, 3.05) is 11.6 Å². The number of amides is 2. The highest BCUT2D eigenvalue weighted by atomic mass is 32.2. The maximum Gasteiger partial charge on any atom is 0.265 e. The molecule has 0 spiro atoms. The highest BCUT2D eigenvalue weighted by Crippen LogP contribution is 2.26. The number of carbonyl (C=O) groups excluding carboxylic acids is 2. The van der Waals surface area contributed by atoms with Crippen molar-refractivity contribution in [1.29, 1.82) is 0 Å². The minimum Gasteiger partial charge on any atom is -0.321 e. The molecule has 34 heavy (non-hydrogen) atoms. The van der Waals surface area contributed by atoms with E-state index in [-0.39, 0.29) is 22.6 Å². The van der Waals surface area contributed by atoms with Gasteiger partial charge in [-0.3, -0.25) is 9.59 Å². The van der Waals surface area contributed by atoms with Crippen LogP contribution in [-0.4, -0.2) is 37.2 Å². The maximum absolute atomic E-state index is 12.8. The number of sulfone groups is 1. The molecule has 0 fully saturated rings. The topological polar surface area (TPSA) is 95.9 Å². The summed E-state index contributed by atoms with van der Waals surface area (Å²) in [5.74, 6) is -0.239. The molecule has 176 valence electrons. The minimum atomic E-state index is -3.28. The predicted molar refractivity (Wildman–Crippen MR) is 134 cm³/mol. The Morgan fingerprint density at radius 2 is 1.82 bits per heavy atom. The average Bonchev–Trinajstić information content (AvgIpc) is 3.36. The van der Waals surface area contributed by atoms with Crippen molar-refractivity contribution in [2.24, 2.45) is 11.0 Å². The van der Waals surface area contributed by atoms with Crippen LogP contribution in [-0.2, 0) is 21.2 Å². The molecule has 0 saturated carbocycles. The molecule has 2 aromatic carbocycles. The molecule has 2 heterocycles. The first-order valence-corrected chi connectivity index (χ1v) is 13.6. The van der Waals surface area contributed by atoms with Crippen LogP contribution in [0, 0.1) is 5.92 Å². The van der Waals surface area contributed by atoms with Gasteiger partial charge in [0.15, 0.2) is 9.84 Å². The summed E-state index contributed by atoms with van der Waals surface area (Å²) in [5, 5.41) is 10.8. The molecule has 7 nitrogen and oxygen atoms in total. The molecule has 1 aliphatic heterocycles. The number of carbonyl (C=O) groups is 2. The second-order valence-electron chi connectivity index (χ2n) is 8.17. The predicted octanol–water partition coefficient (Wildman–Crippen LogP) is 4.57. The fourth-order valence-corrected chi connectivity index (χ4v) is 5.02. The summed E-state index contributed by atoms with van der Waals surface area (Å²) >= 11 is 1.38. The van der Waals surface area contributed by atoms with E-state index in [2.05, 4.69) is 10.4 Å². The normalized spacial score (nSPS) is 16.3. The Hall–Kier alpha value is -3.30. The van der Waals surface area contributed by atoms with Crippen LogP contribution in [0.3, 0.4) is 0 Å². The number of thiophene rings is 1. The lowest BCUT2D eigenvalue weighted by molar-refractivity contribution is -0.133. The molecule has 9 heteroatoms. The Morgan fingerprint density at radius 3 is 2.41 bits per heavy atom. The zero-order valence-electron chi connectivity index (χ0n) is 18.9. The van der Waals surface area contributed by atoms with Gasteiger partial charge < -0.3 is 5.32 Å². The third kappa shape index (κ3) is 5.43. The van der Waals surface area contributed by atoms with Crippen LogP contribution < -0.4 is 5.32 Å². The molecule has 1 aromatic heterocycles. The number of benzene rings is 2. The number of nitrogens with zero attached hydrogens (tertiary/aromatic N) is 2. The monoisotopic (exact) mass is 495 g/mol. The minimum absolute atomic E-state index is 0.0253. The van der Waals surface area contributed by atoms with E-state index < -0.39 is 9.84 Å². The average molecular weight is 496 g/mol. The SMILES string of the molecule is CCC1CC(=O)N(Cc2ccc(NC(=O)c3cccs3)cc2)N=C1c1ccc(S(C)(=O)=O)cc1. The molecule has 1 aliphatic rings. The Labute approximate surface area is 203 Å². The number of anilines is 1. The van der Waals surface area contributed by atoms with E-state index >= 15 is 0 Å². The molecular formula is C25H25N3O4S2. The second kappa shape index (κ2) is 9.90. The standard InChI is InChI=1S/C25H25N3O4S2/c1-3-18-15-23(29)28(27-24(18)19-8-12-21(13-9-19)34(2,31)32)16-17-6-10-20(11-7-17)26-25(30)22-5-4-14-33-22/h4-14,18H,3,15-16H2,1-2H3,(H,26,30). The molecule has 4 rings (SSSR count). The summed E-state index contributed by atoms with van der Waals surface area (Å²) in [6.45, 7) is 2.32. The number of nitrogens with one attached hydrogen (secondary N) is 1. The lowest BCUT2D eigenvalue weighted by atomic mass is 9.90. The van der Waals surface area contributed by atoms with Gasteiger partial charge in [0.2, 0.25) is 5.91 Å². The largest absolute Gasteiger partial charge is 0.321 e. The first-order valence-electron chi connectivity index (χ1n) is 10.9. The highest BCUT2D eigenvalue weighted by Gasteiger charge is 2.29. The first kappa shape index (κ1) is 23.8. The quantitative estimate of drug-likeness (QED) is 0.519. The molecule has 3 aromatic rings. The number of hydrogen-bond donors (Lipinski definition) is 1. The number of hydrogen-bond acceptors (Lipinski definition) is 6. The van der Waals surface area contributed by atoms with Crippen molar-refractivity contribution >= 4 is 44.4 Å². The summed E-state index contributed by atoms with van der Waals surface area (Å²) in [4.78, 5) is 25.9. The van der Waals surface area contributed by atoms with Gasteiger partial charge in [-0.25, -0.2) is 13.4 Å². The highest BCUT2D eigenvalue weighted by molar-refractivity contribution is 7.90. The van der Waals surface area contributed by atoms with E-state index in [1.165, 1.54) is 22.6 Å². The van der Waals surface area contributed by atoms with Gasteiger partial charge in [0.25, 0.3) is 5.91 Å². The zero-order valence-corrected chi connectivity index (χ0v) is 20.5. The maximum atomic E-state index is 12.8. The van der Waals surface area contributed by atoms with Gasteiger partial charge in [0, 0.05) is 24.3 Å². The van der Waals surface area contributed by atoms with Gasteiger partial charge in [0.1, 0.15) is 0 Å². The summed E-state index contributed by atoms with van der Waals surface area (Å²) in [5.41, 5.74) is 3.15. The van der Waals surface area contributed by atoms with Crippen molar-refractivity contribution in [3.8, 4) is 0 Å². The Morgan fingerprint density at radius 1 is 1.12 bits per heavy atom. The molecule has 1 N–H and O–H groups in total. The Balaban J connectivity index is 1.51. The van der Waals surface area contributed by atoms with E-state index in [1.807, 2.05) is 30.5 Å². The van der Waals surface area contributed by atoms with Gasteiger partial charge in [-0.15, -0.1) is 11.3 Å². The van der Waals surface area contributed by atoms with Crippen LogP contribution in [0.2, 0.25) is 0 Å². The zero-order chi connectivity index (χ0) is 24.3. The van der Waals surface area contributed by atoms with Crippen LogP contribution in [0.15, 0.2) is 76.0 Å². The van der Waals surface area contributed by atoms with Crippen molar-refractivity contribution in [3.05, 3.63) is 82.0 Å². The number of rotatable bonds is 7. The van der Waals surface area contributed by atoms with Crippen molar-refractivity contribution in [2.45, 2.75) is 31.2 Å². The molecule has 0 aliphatic carbocycles. The van der Waals surface area contributed by atoms with Crippen LogP contribution in [0.25, 0.3) is 0 Å². The van der Waals surface area contributed by atoms with Crippen LogP contribution in [0.5, 0.6) is 0 Å². The molecule has 2 amide bonds. The van der Waals surface area contributed by atoms with E-state index in [0.29, 0.717) is 23.5 Å². The van der Waals surface area contributed by atoms with Crippen LogP contribution in [0.1, 0.15) is 40.6 Å². The lowest BCUT2D eigenvalue weighted by Gasteiger charge is -2.29. The molecule has 0 radical (unpaired) electrons. The van der Waals surface area contributed by atoms with Gasteiger partial charge in [-0.2, -0.15) is 5.10 Å². The van der Waals surface area contributed by atoms with E-state index in [4.69, 9.17) is 0 Å². The molecule has 0 bridgehead atoms. The number of hydrazone groups is 1. The molecule has 0 saturated heterocycles. The third-order valence-electron chi connectivity index (χ3n) is 5.68. The molecular weight excluding hydrogens is 470 g/mol. The van der Waals surface area contributed by atoms with Gasteiger partial charge in [0.05, 0.1) is 22.0 Å². The smallest absolute Gasteiger partial charge is 0.265 e. The van der Waals surface area contributed by atoms with Gasteiger partial charge in [-0.05, 0) is 53.3 Å². The lowest BCUT2D eigenvalue weighted by Crippen LogP contribution is -2.36. The Kier molecular flexibility index (Phi) is 6.95. The van der Waals surface area contributed by atoms with E-state index in [0.717, 1.165) is 23.3 Å². The van der Waals surface area contributed by atoms with E-state index in [1.54, 1.807) is 42.5 Å². The van der Waals surface area contributed by atoms with Gasteiger partial charge >= 0.3 is 0 Å². The Bertz CT molecular complexity index is 1310. The fourth-order valence-electron chi connectivity index (χ4n) is 3.77. The van der Waals surface area contributed by atoms with Crippen molar-refractivity contribution < 1.29 is 18.0 Å². The molecule has 1 atom stereocenters. The summed E-state index contributed by atoms with van der Waals surface area (Å²) < 4.78 is 23.6. The van der Waals surface area contributed by atoms with Crippen LogP contribution in [0.4, 0.5) is 5.69 Å². The third-order valence-corrected chi connectivity index (χ3v) is 7.68. The second-order valence-corrected chi connectivity index (χ2v) is 11.1.